The Morgan fingerprint density at radius 2 is 2.09 bits per heavy atom. The van der Waals surface area contributed by atoms with Crippen LogP contribution in [-0.2, 0) is 4.74 Å². The van der Waals surface area contributed by atoms with E-state index >= 15 is 0 Å². The van der Waals surface area contributed by atoms with Crippen LogP contribution in [-0.4, -0.2) is 23.9 Å². The maximum atomic E-state index is 9.47. The van der Waals surface area contributed by atoms with Crippen LogP contribution in [0.4, 0.5) is 0 Å². The summed E-state index contributed by atoms with van der Waals surface area (Å²) in [6.07, 6.45) is 5.32. The third-order valence-corrected chi connectivity index (χ3v) is 2.20. The van der Waals surface area contributed by atoms with Crippen LogP contribution < -0.4 is 0 Å². The fourth-order valence-corrected chi connectivity index (χ4v) is 1.54. The predicted octanol–water partition coefficient (Wildman–Crippen LogP) is 1.72. The lowest BCUT2D eigenvalue weighted by Crippen LogP contribution is -2.32. The molecule has 1 N–H and O–H groups in total. The van der Waals surface area contributed by atoms with Gasteiger partial charge in [0.25, 0.3) is 0 Å². The molecule has 0 heterocycles. The Kier molecular flexibility index (Phi) is 3.87. The molecule has 2 heteroatoms. The van der Waals surface area contributed by atoms with Crippen molar-refractivity contribution >= 4 is 0 Å². The van der Waals surface area contributed by atoms with Crippen LogP contribution in [0.1, 0.15) is 39.0 Å². The van der Waals surface area contributed by atoms with E-state index in [1.54, 1.807) is 0 Å². The first-order chi connectivity index (χ1) is 5.34. The highest BCUT2D eigenvalue weighted by Gasteiger charge is 2.22. The number of rotatable bonds is 3. The molecular weight excluding hydrogens is 140 g/mol. The van der Waals surface area contributed by atoms with Gasteiger partial charge in [-0.2, -0.15) is 0 Å². The topological polar surface area (TPSA) is 29.5 Å². The lowest BCUT2D eigenvalue weighted by molar-refractivity contribution is -0.0582. The summed E-state index contributed by atoms with van der Waals surface area (Å²) in [6.45, 7) is 2.89. The molecule has 1 saturated carbocycles. The quantitative estimate of drug-likeness (QED) is 0.677. The maximum absolute atomic E-state index is 9.47. The highest BCUT2D eigenvalue weighted by molar-refractivity contribution is 4.74. The van der Waals surface area contributed by atoms with Gasteiger partial charge in [0.2, 0.25) is 0 Å². The molecule has 0 bridgehead atoms. The van der Waals surface area contributed by atoms with Crippen molar-refractivity contribution in [3.05, 3.63) is 0 Å². The van der Waals surface area contributed by atoms with Crippen molar-refractivity contribution in [2.75, 3.05) is 6.61 Å². The minimum atomic E-state index is -0.199. The van der Waals surface area contributed by atoms with Crippen molar-refractivity contribution in [3.8, 4) is 0 Å². The SMILES string of the molecule is CCCOC1CCCCC1O. The molecule has 2 atom stereocenters. The Morgan fingerprint density at radius 3 is 2.73 bits per heavy atom. The molecule has 1 rings (SSSR count). The fourth-order valence-electron chi connectivity index (χ4n) is 1.54. The Hall–Kier alpha value is -0.0800. The summed E-state index contributed by atoms with van der Waals surface area (Å²) in [5, 5.41) is 9.47. The van der Waals surface area contributed by atoms with E-state index in [0.29, 0.717) is 0 Å². The van der Waals surface area contributed by atoms with Gasteiger partial charge in [0.15, 0.2) is 0 Å². The molecule has 0 aromatic carbocycles. The molecule has 0 amide bonds. The van der Waals surface area contributed by atoms with Gasteiger partial charge in [0.1, 0.15) is 0 Å². The van der Waals surface area contributed by atoms with Gasteiger partial charge in [-0.15, -0.1) is 0 Å². The first-order valence-corrected chi connectivity index (χ1v) is 4.64. The van der Waals surface area contributed by atoms with Crippen LogP contribution in [0.25, 0.3) is 0 Å². The Morgan fingerprint density at radius 1 is 1.36 bits per heavy atom. The van der Waals surface area contributed by atoms with Gasteiger partial charge >= 0.3 is 0 Å². The second-order valence-electron chi connectivity index (χ2n) is 3.26. The lowest BCUT2D eigenvalue weighted by atomic mass is 9.95. The van der Waals surface area contributed by atoms with Crippen molar-refractivity contribution in [1.82, 2.24) is 0 Å². The van der Waals surface area contributed by atoms with Gasteiger partial charge in [-0.1, -0.05) is 19.8 Å². The first kappa shape index (κ1) is 9.01. The molecule has 66 valence electrons. The zero-order chi connectivity index (χ0) is 8.10. The largest absolute Gasteiger partial charge is 0.390 e. The molecule has 0 aromatic heterocycles. The van der Waals surface area contributed by atoms with Crippen molar-refractivity contribution in [2.24, 2.45) is 0 Å². The maximum Gasteiger partial charge on any atom is 0.0833 e. The number of aliphatic hydroxyl groups is 1. The molecule has 2 nitrogen and oxygen atoms in total. The molecule has 0 aromatic rings. The monoisotopic (exact) mass is 158 g/mol. The average molecular weight is 158 g/mol. The summed E-state index contributed by atoms with van der Waals surface area (Å²) in [5.74, 6) is 0. The first-order valence-electron chi connectivity index (χ1n) is 4.64. The third-order valence-electron chi connectivity index (χ3n) is 2.20. The molecule has 1 aliphatic carbocycles. The van der Waals surface area contributed by atoms with E-state index in [1.807, 2.05) is 0 Å². The Labute approximate surface area is 68.6 Å². The van der Waals surface area contributed by atoms with Crippen molar-refractivity contribution in [1.29, 1.82) is 0 Å². The van der Waals surface area contributed by atoms with E-state index in [0.717, 1.165) is 32.3 Å². The second-order valence-corrected chi connectivity index (χ2v) is 3.26. The van der Waals surface area contributed by atoms with Crippen LogP contribution in [0.5, 0.6) is 0 Å². The van der Waals surface area contributed by atoms with Crippen LogP contribution in [0.3, 0.4) is 0 Å². The number of hydrogen-bond donors (Lipinski definition) is 1. The summed E-state index contributed by atoms with van der Waals surface area (Å²) in [7, 11) is 0. The van der Waals surface area contributed by atoms with Crippen molar-refractivity contribution in [2.45, 2.75) is 51.2 Å². The van der Waals surface area contributed by atoms with Crippen LogP contribution in [0.2, 0.25) is 0 Å². The van der Waals surface area contributed by atoms with E-state index in [2.05, 4.69) is 6.92 Å². The Bertz CT molecular complexity index is 104. The van der Waals surface area contributed by atoms with E-state index in [1.165, 1.54) is 6.42 Å². The number of hydrogen-bond acceptors (Lipinski definition) is 2. The van der Waals surface area contributed by atoms with Crippen LogP contribution >= 0.6 is 0 Å². The summed E-state index contributed by atoms with van der Waals surface area (Å²) in [6, 6.07) is 0. The normalized spacial score (nSPS) is 32.2. The zero-order valence-corrected chi connectivity index (χ0v) is 7.25. The summed E-state index contributed by atoms with van der Waals surface area (Å²) in [5.41, 5.74) is 0. The molecule has 1 aliphatic rings. The molecule has 1 fully saturated rings. The van der Waals surface area contributed by atoms with Crippen LogP contribution in [0.15, 0.2) is 0 Å². The van der Waals surface area contributed by atoms with Gasteiger partial charge < -0.3 is 9.84 Å². The van der Waals surface area contributed by atoms with Gasteiger partial charge in [-0.3, -0.25) is 0 Å². The molecule has 0 aliphatic heterocycles. The second kappa shape index (κ2) is 4.73. The van der Waals surface area contributed by atoms with Gasteiger partial charge in [-0.25, -0.2) is 0 Å². The number of ether oxygens (including phenoxy) is 1. The minimum Gasteiger partial charge on any atom is -0.390 e. The van der Waals surface area contributed by atoms with Gasteiger partial charge in [-0.05, 0) is 19.3 Å². The zero-order valence-electron chi connectivity index (χ0n) is 7.25. The van der Waals surface area contributed by atoms with Crippen molar-refractivity contribution < 1.29 is 9.84 Å². The van der Waals surface area contributed by atoms with E-state index in [-0.39, 0.29) is 12.2 Å². The molecule has 0 spiro atoms. The van der Waals surface area contributed by atoms with E-state index in [9.17, 15) is 5.11 Å². The van der Waals surface area contributed by atoms with Gasteiger partial charge in [0, 0.05) is 6.61 Å². The minimum absolute atomic E-state index is 0.128. The summed E-state index contributed by atoms with van der Waals surface area (Å²) >= 11 is 0. The smallest absolute Gasteiger partial charge is 0.0833 e. The highest BCUT2D eigenvalue weighted by Crippen LogP contribution is 2.20. The predicted molar refractivity (Wildman–Crippen MR) is 44.5 cm³/mol. The van der Waals surface area contributed by atoms with Gasteiger partial charge in [0.05, 0.1) is 12.2 Å². The molecule has 11 heavy (non-hydrogen) atoms. The van der Waals surface area contributed by atoms with Crippen LogP contribution in [0, 0.1) is 0 Å². The standard InChI is InChI=1S/C9H18O2/c1-2-7-11-9-6-4-3-5-8(9)10/h8-10H,2-7H2,1H3. The molecule has 0 saturated heterocycles. The average Bonchev–Trinajstić information content (AvgIpc) is 2.03. The molecule has 0 radical (unpaired) electrons. The lowest BCUT2D eigenvalue weighted by Gasteiger charge is -2.27. The molecule has 2 unspecified atom stereocenters. The highest BCUT2D eigenvalue weighted by atomic mass is 16.5. The third kappa shape index (κ3) is 2.80. The molecular formula is C9H18O2. The van der Waals surface area contributed by atoms with E-state index < -0.39 is 0 Å². The van der Waals surface area contributed by atoms with E-state index in [4.69, 9.17) is 4.74 Å². The summed E-state index contributed by atoms with van der Waals surface area (Å²) < 4.78 is 5.49. The number of aliphatic hydroxyl groups excluding tert-OH is 1. The van der Waals surface area contributed by atoms with Crippen molar-refractivity contribution in [3.63, 3.8) is 0 Å². The Balaban J connectivity index is 2.18. The fraction of sp³-hybridized carbons (Fsp3) is 1.00. The summed E-state index contributed by atoms with van der Waals surface area (Å²) in [4.78, 5) is 0.